The first-order valence-electron chi connectivity index (χ1n) is 18.1. The summed E-state index contributed by atoms with van der Waals surface area (Å²) in [6.07, 6.45) is 0. The Kier molecular flexibility index (Phi) is 6.75. The Bertz CT molecular complexity index is 3200. The van der Waals surface area contributed by atoms with Crippen LogP contribution in [0.25, 0.3) is 106 Å². The van der Waals surface area contributed by atoms with Gasteiger partial charge >= 0.3 is 0 Å². The third kappa shape index (κ3) is 4.81. The monoisotopic (exact) mass is 690 g/mol. The van der Waals surface area contributed by atoms with Gasteiger partial charge in [0.15, 0.2) is 5.82 Å². The first kappa shape index (κ1) is 30.2. The van der Waals surface area contributed by atoms with Crippen LogP contribution in [-0.2, 0) is 0 Å². The molecule has 0 unspecified atom stereocenters. The molecule has 6 nitrogen and oxygen atoms in total. The molecule has 7 aromatic carbocycles. The highest BCUT2D eigenvalue weighted by Gasteiger charge is 2.20. The minimum Gasteiger partial charge on any atom is -0.339 e. The fourth-order valence-electron chi connectivity index (χ4n) is 7.84. The number of fused-ring (bicyclic) bond motifs is 7. The number of hydrogen-bond acceptors (Lipinski definition) is 4. The van der Waals surface area contributed by atoms with Crippen molar-refractivity contribution in [2.75, 3.05) is 0 Å². The molecule has 54 heavy (non-hydrogen) atoms. The number of nitrogens with one attached hydrogen (secondary N) is 1. The lowest BCUT2D eigenvalue weighted by atomic mass is 9.99. The van der Waals surface area contributed by atoms with E-state index in [1.807, 2.05) is 42.5 Å². The van der Waals surface area contributed by atoms with Crippen molar-refractivity contribution in [3.05, 3.63) is 176 Å². The minimum absolute atomic E-state index is 0.648. The summed E-state index contributed by atoms with van der Waals surface area (Å²) in [5, 5.41) is 5.41. The van der Waals surface area contributed by atoms with Crippen molar-refractivity contribution in [1.29, 1.82) is 0 Å². The van der Waals surface area contributed by atoms with Gasteiger partial charge in [-0.05, 0) is 47.5 Å². The summed E-state index contributed by atoms with van der Waals surface area (Å²) in [5.74, 6) is 1.34. The van der Waals surface area contributed by atoms with Crippen molar-refractivity contribution in [2.24, 2.45) is 0 Å². The van der Waals surface area contributed by atoms with E-state index in [1.165, 1.54) is 0 Å². The molecule has 0 aliphatic carbocycles. The maximum Gasteiger partial charge on any atom is 0.235 e. The molecule has 1 N–H and O–H groups in total. The smallest absolute Gasteiger partial charge is 0.235 e. The number of aromatic amines is 1. The van der Waals surface area contributed by atoms with Crippen molar-refractivity contribution in [3.63, 3.8) is 0 Å². The standard InChI is InChI=1S/C48H30N6/c1-4-14-30(15-5-1)44-36-21-10-12-22-39(36)50-48(52-44)54-41-23-13-11-20-35(41)37-28-34(25-27-42(37)54)33-24-26-40-38(29-33)43-45(31-16-6-2-7-17-31)51-46(53-47(43)49-40)32-18-8-3-9-19-32/h1-29H,(H,49,51,53). The molecular weight excluding hydrogens is 661 g/mol. The highest BCUT2D eigenvalue weighted by atomic mass is 15.2. The number of aromatic nitrogens is 6. The van der Waals surface area contributed by atoms with Crippen molar-refractivity contribution in [3.8, 4) is 51.0 Å². The quantitative estimate of drug-likeness (QED) is 0.195. The van der Waals surface area contributed by atoms with Gasteiger partial charge in [0, 0.05) is 43.8 Å². The molecule has 11 rings (SSSR count). The molecule has 0 spiro atoms. The van der Waals surface area contributed by atoms with Crippen LogP contribution >= 0.6 is 0 Å². The van der Waals surface area contributed by atoms with E-state index in [9.17, 15) is 0 Å². The minimum atomic E-state index is 0.648. The van der Waals surface area contributed by atoms with E-state index in [1.54, 1.807) is 0 Å². The SMILES string of the molecule is c1ccc(-c2nc(-c3ccccc3)c3c(n2)[nH]c2ccc(-c4ccc5c(c4)c4ccccc4n5-c4nc(-c5ccccc5)c5ccccc5n4)cc23)cc1. The van der Waals surface area contributed by atoms with Crippen LogP contribution in [0.5, 0.6) is 0 Å². The van der Waals surface area contributed by atoms with Gasteiger partial charge in [-0.2, -0.15) is 0 Å². The van der Waals surface area contributed by atoms with Crippen LogP contribution < -0.4 is 0 Å². The highest BCUT2D eigenvalue weighted by Crippen LogP contribution is 2.39. The third-order valence-corrected chi connectivity index (χ3v) is 10.4. The van der Waals surface area contributed by atoms with Crippen molar-refractivity contribution < 1.29 is 0 Å². The summed E-state index contributed by atoms with van der Waals surface area (Å²) >= 11 is 0. The summed E-state index contributed by atoms with van der Waals surface area (Å²) in [6, 6.07) is 61.0. The van der Waals surface area contributed by atoms with Gasteiger partial charge in [0.1, 0.15) is 5.65 Å². The lowest BCUT2D eigenvalue weighted by Gasteiger charge is -2.12. The number of para-hydroxylation sites is 2. The van der Waals surface area contributed by atoms with Gasteiger partial charge in [-0.15, -0.1) is 0 Å². The van der Waals surface area contributed by atoms with Crippen LogP contribution in [0.15, 0.2) is 176 Å². The van der Waals surface area contributed by atoms with Gasteiger partial charge < -0.3 is 4.98 Å². The summed E-state index contributed by atoms with van der Waals surface area (Å²) in [6.45, 7) is 0. The highest BCUT2D eigenvalue weighted by molar-refractivity contribution is 6.14. The largest absolute Gasteiger partial charge is 0.339 e. The van der Waals surface area contributed by atoms with Gasteiger partial charge in [-0.3, -0.25) is 4.57 Å². The van der Waals surface area contributed by atoms with Crippen LogP contribution in [0.3, 0.4) is 0 Å². The average molecular weight is 691 g/mol. The van der Waals surface area contributed by atoms with Crippen LogP contribution in [0.4, 0.5) is 0 Å². The Morgan fingerprint density at radius 1 is 0.389 bits per heavy atom. The fraction of sp³-hybridized carbons (Fsp3) is 0. The number of benzene rings is 7. The molecule has 0 radical (unpaired) electrons. The van der Waals surface area contributed by atoms with E-state index in [0.717, 1.165) is 93.9 Å². The molecule has 0 amide bonds. The molecule has 0 aliphatic rings. The molecule has 6 heteroatoms. The molecule has 252 valence electrons. The van der Waals surface area contributed by atoms with Gasteiger partial charge in [-0.1, -0.05) is 140 Å². The second-order valence-corrected chi connectivity index (χ2v) is 13.6. The van der Waals surface area contributed by atoms with Crippen LogP contribution in [0.2, 0.25) is 0 Å². The molecule has 0 saturated heterocycles. The number of rotatable bonds is 5. The topological polar surface area (TPSA) is 72.3 Å². The zero-order valence-electron chi connectivity index (χ0n) is 29.0. The Morgan fingerprint density at radius 3 is 1.74 bits per heavy atom. The second kappa shape index (κ2) is 12.1. The molecule has 4 heterocycles. The van der Waals surface area contributed by atoms with Crippen LogP contribution in [0, 0.1) is 0 Å². The number of hydrogen-bond donors (Lipinski definition) is 1. The third-order valence-electron chi connectivity index (χ3n) is 10.4. The summed E-state index contributed by atoms with van der Waals surface area (Å²) in [7, 11) is 0. The average Bonchev–Trinajstić information content (AvgIpc) is 3.79. The van der Waals surface area contributed by atoms with Crippen molar-refractivity contribution >= 4 is 54.6 Å². The summed E-state index contributed by atoms with van der Waals surface area (Å²) < 4.78 is 2.20. The van der Waals surface area contributed by atoms with E-state index >= 15 is 0 Å². The van der Waals surface area contributed by atoms with Crippen LogP contribution in [-0.4, -0.2) is 29.5 Å². The zero-order chi connectivity index (χ0) is 35.6. The predicted molar refractivity (Wildman–Crippen MR) is 221 cm³/mol. The summed E-state index contributed by atoms with van der Waals surface area (Å²) in [5.41, 5.74) is 12.0. The van der Waals surface area contributed by atoms with Crippen molar-refractivity contribution in [2.45, 2.75) is 0 Å². The molecule has 0 aliphatic heterocycles. The van der Waals surface area contributed by atoms with E-state index in [-0.39, 0.29) is 0 Å². The lowest BCUT2D eigenvalue weighted by molar-refractivity contribution is 1.01. The van der Waals surface area contributed by atoms with Gasteiger partial charge in [-0.25, -0.2) is 19.9 Å². The van der Waals surface area contributed by atoms with Crippen molar-refractivity contribution in [1.82, 2.24) is 29.5 Å². The van der Waals surface area contributed by atoms with Crippen LogP contribution in [0.1, 0.15) is 0 Å². The van der Waals surface area contributed by atoms with E-state index in [0.29, 0.717) is 11.8 Å². The summed E-state index contributed by atoms with van der Waals surface area (Å²) in [4.78, 5) is 24.2. The molecule has 11 aromatic rings. The Balaban J connectivity index is 1.10. The zero-order valence-corrected chi connectivity index (χ0v) is 29.0. The molecule has 0 fully saturated rings. The van der Waals surface area contributed by atoms with Gasteiger partial charge in [0.05, 0.1) is 33.3 Å². The molecule has 0 atom stereocenters. The van der Waals surface area contributed by atoms with Gasteiger partial charge in [0.2, 0.25) is 5.95 Å². The lowest BCUT2D eigenvalue weighted by Crippen LogP contribution is -2.03. The molecule has 0 saturated carbocycles. The Labute approximate surface area is 310 Å². The number of nitrogens with zero attached hydrogens (tertiary/aromatic N) is 5. The molecular formula is C48H30N6. The number of H-pyrrole nitrogens is 1. The van der Waals surface area contributed by atoms with E-state index < -0.39 is 0 Å². The first-order chi connectivity index (χ1) is 26.8. The second-order valence-electron chi connectivity index (χ2n) is 13.6. The van der Waals surface area contributed by atoms with E-state index in [4.69, 9.17) is 19.9 Å². The Hall–Kier alpha value is -7.44. The maximum atomic E-state index is 5.25. The maximum absolute atomic E-state index is 5.25. The molecule has 0 bridgehead atoms. The predicted octanol–water partition coefficient (Wildman–Crippen LogP) is 11.8. The molecule has 4 aromatic heterocycles. The van der Waals surface area contributed by atoms with E-state index in [2.05, 4.69) is 143 Å². The first-order valence-corrected chi connectivity index (χ1v) is 18.1. The normalized spacial score (nSPS) is 11.7. The van der Waals surface area contributed by atoms with Gasteiger partial charge in [0.25, 0.3) is 0 Å². The Morgan fingerprint density at radius 2 is 0.981 bits per heavy atom. The fourth-order valence-corrected chi connectivity index (χ4v) is 7.84.